The molecule has 0 bridgehead atoms. The van der Waals surface area contributed by atoms with Crippen molar-refractivity contribution in [2.75, 3.05) is 0 Å². The second-order valence-electron chi connectivity index (χ2n) is 4.15. The van der Waals surface area contributed by atoms with Crippen LogP contribution in [0.1, 0.15) is 27.7 Å². The standard InChI is InChI=1S/C9H16/c1-5-6(2)9(5)7(3)8(9)4/h5-8H,1-4H3. The van der Waals surface area contributed by atoms with Crippen LogP contribution >= 0.6 is 0 Å². The van der Waals surface area contributed by atoms with Gasteiger partial charge in [-0.2, -0.15) is 0 Å². The summed E-state index contributed by atoms with van der Waals surface area (Å²) in [5.41, 5.74) is 0.833. The lowest BCUT2D eigenvalue weighted by Crippen LogP contribution is -1.77. The zero-order valence-corrected chi connectivity index (χ0v) is 6.81. The second kappa shape index (κ2) is 1.21. The summed E-state index contributed by atoms with van der Waals surface area (Å²) in [4.78, 5) is 0. The van der Waals surface area contributed by atoms with Crippen LogP contribution in [0.25, 0.3) is 0 Å². The van der Waals surface area contributed by atoms with Crippen molar-refractivity contribution in [1.82, 2.24) is 0 Å². The average molecular weight is 124 g/mol. The van der Waals surface area contributed by atoms with Gasteiger partial charge in [0.2, 0.25) is 0 Å². The maximum atomic E-state index is 2.41. The van der Waals surface area contributed by atoms with Crippen LogP contribution in [-0.2, 0) is 0 Å². The largest absolute Gasteiger partial charge is 0.0617 e. The van der Waals surface area contributed by atoms with Crippen LogP contribution in [0, 0.1) is 29.1 Å². The van der Waals surface area contributed by atoms with Crippen LogP contribution in [0.15, 0.2) is 0 Å². The molecular formula is C9H16. The van der Waals surface area contributed by atoms with Crippen LogP contribution in [0.4, 0.5) is 0 Å². The van der Waals surface area contributed by atoms with Crippen molar-refractivity contribution in [3.63, 3.8) is 0 Å². The van der Waals surface area contributed by atoms with E-state index >= 15 is 0 Å². The Labute approximate surface area is 57.6 Å². The zero-order chi connectivity index (χ0) is 6.81. The van der Waals surface area contributed by atoms with Crippen molar-refractivity contribution in [1.29, 1.82) is 0 Å². The molecule has 2 fully saturated rings. The maximum Gasteiger partial charge on any atom is -0.0184 e. The van der Waals surface area contributed by atoms with Gasteiger partial charge in [-0.25, -0.2) is 0 Å². The van der Waals surface area contributed by atoms with E-state index in [1.165, 1.54) is 0 Å². The van der Waals surface area contributed by atoms with E-state index in [4.69, 9.17) is 0 Å². The van der Waals surface area contributed by atoms with Gasteiger partial charge in [0.05, 0.1) is 0 Å². The Morgan fingerprint density at radius 3 is 0.889 bits per heavy atom. The van der Waals surface area contributed by atoms with E-state index in [9.17, 15) is 0 Å². The molecule has 2 aliphatic rings. The Balaban J connectivity index is 2.17. The van der Waals surface area contributed by atoms with E-state index < -0.39 is 0 Å². The molecule has 4 atom stereocenters. The first-order valence-corrected chi connectivity index (χ1v) is 4.13. The van der Waals surface area contributed by atoms with E-state index in [-0.39, 0.29) is 0 Å². The van der Waals surface area contributed by atoms with E-state index in [0.717, 1.165) is 29.1 Å². The first kappa shape index (κ1) is 5.76. The van der Waals surface area contributed by atoms with Gasteiger partial charge in [0.1, 0.15) is 0 Å². The maximum absolute atomic E-state index is 2.41. The van der Waals surface area contributed by atoms with Crippen molar-refractivity contribution >= 4 is 0 Å². The molecule has 0 aliphatic heterocycles. The minimum atomic E-state index is 0.833. The van der Waals surface area contributed by atoms with Gasteiger partial charge < -0.3 is 0 Å². The highest BCUT2D eigenvalue weighted by Gasteiger charge is 2.76. The first-order chi connectivity index (χ1) is 4.13. The van der Waals surface area contributed by atoms with Gasteiger partial charge in [-0.3, -0.25) is 0 Å². The van der Waals surface area contributed by atoms with Crippen molar-refractivity contribution in [2.45, 2.75) is 27.7 Å². The minimum absolute atomic E-state index is 0.833. The first-order valence-electron chi connectivity index (χ1n) is 4.13. The molecule has 1 spiro atoms. The third kappa shape index (κ3) is 0.367. The average Bonchev–Trinajstić information content (AvgIpc) is 2.52. The Hall–Kier alpha value is 0. The third-order valence-electron chi connectivity index (χ3n) is 4.44. The van der Waals surface area contributed by atoms with Gasteiger partial charge in [0.25, 0.3) is 0 Å². The fraction of sp³-hybridized carbons (Fsp3) is 1.00. The van der Waals surface area contributed by atoms with Crippen molar-refractivity contribution in [3.8, 4) is 0 Å². The molecule has 0 heterocycles. The summed E-state index contributed by atoms with van der Waals surface area (Å²) in [5.74, 6) is 4.12. The lowest BCUT2D eigenvalue weighted by atomic mass is 10.2. The van der Waals surface area contributed by atoms with Crippen LogP contribution in [-0.4, -0.2) is 0 Å². The fourth-order valence-electron chi connectivity index (χ4n) is 3.34. The Morgan fingerprint density at radius 2 is 0.889 bits per heavy atom. The van der Waals surface area contributed by atoms with Crippen LogP contribution in [0.3, 0.4) is 0 Å². The van der Waals surface area contributed by atoms with Gasteiger partial charge in [-0.1, -0.05) is 27.7 Å². The molecule has 4 unspecified atom stereocenters. The van der Waals surface area contributed by atoms with Crippen LogP contribution in [0.5, 0.6) is 0 Å². The number of rotatable bonds is 0. The Kier molecular flexibility index (Phi) is 0.774. The Bertz CT molecular complexity index is 111. The third-order valence-corrected chi connectivity index (χ3v) is 4.44. The molecule has 0 radical (unpaired) electrons. The molecule has 2 saturated carbocycles. The molecule has 0 amide bonds. The lowest BCUT2D eigenvalue weighted by Gasteiger charge is -1.82. The summed E-state index contributed by atoms with van der Waals surface area (Å²) in [6.45, 7) is 9.63. The molecule has 0 heteroatoms. The fourth-order valence-corrected chi connectivity index (χ4v) is 3.34. The number of hydrogen-bond donors (Lipinski definition) is 0. The monoisotopic (exact) mass is 124 g/mol. The number of hydrogen-bond acceptors (Lipinski definition) is 0. The molecule has 0 aromatic rings. The highest BCUT2D eigenvalue weighted by molar-refractivity contribution is 5.23. The van der Waals surface area contributed by atoms with Crippen LogP contribution < -0.4 is 0 Å². The molecule has 0 N–H and O–H groups in total. The van der Waals surface area contributed by atoms with Crippen LogP contribution in [0.2, 0.25) is 0 Å². The van der Waals surface area contributed by atoms with Gasteiger partial charge in [-0.05, 0) is 29.1 Å². The molecular weight excluding hydrogens is 108 g/mol. The van der Waals surface area contributed by atoms with Gasteiger partial charge >= 0.3 is 0 Å². The van der Waals surface area contributed by atoms with Gasteiger partial charge in [0, 0.05) is 0 Å². The molecule has 9 heavy (non-hydrogen) atoms. The Morgan fingerprint density at radius 1 is 0.667 bits per heavy atom. The van der Waals surface area contributed by atoms with Crippen molar-refractivity contribution in [3.05, 3.63) is 0 Å². The van der Waals surface area contributed by atoms with E-state index in [2.05, 4.69) is 27.7 Å². The normalized spacial score (nSPS) is 70.7. The predicted molar refractivity (Wildman–Crippen MR) is 39.1 cm³/mol. The zero-order valence-electron chi connectivity index (χ0n) is 6.81. The SMILES string of the molecule is CC1C(C)C12C(C)C2C. The molecule has 0 aromatic carbocycles. The quantitative estimate of drug-likeness (QED) is 0.465. The van der Waals surface area contributed by atoms with Gasteiger partial charge in [0.15, 0.2) is 0 Å². The topological polar surface area (TPSA) is 0 Å². The second-order valence-corrected chi connectivity index (χ2v) is 4.15. The molecule has 52 valence electrons. The highest BCUT2D eigenvalue weighted by atomic mass is 14.8. The van der Waals surface area contributed by atoms with Crippen molar-refractivity contribution in [2.24, 2.45) is 29.1 Å². The van der Waals surface area contributed by atoms with E-state index in [0.29, 0.717) is 0 Å². The van der Waals surface area contributed by atoms with E-state index in [1.54, 1.807) is 0 Å². The predicted octanol–water partition coefficient (Wildman–Crippen LogP) is 2.54. The summed E-state index contributed by atoms with van der Waals surface area (Å²) in [7, 11) is 0. The minimum Gasteiger partial charge on any atom is -0.0617 e. The van der Waals surface area contributed by atoms with E-state index in [1.807, 2.05) is 0 Å². The van der Waals surface area contributed by atoms with Gasteiger partial charge in [-0.15, -0.1) is 0 Å². The molecule has 0 nitrogen and oxygen atoms in total. The molecule has 2 rings (SSSR count). The smallest absolute Gasteiger partial charge is 0.0184 e. The summed E-state index contributed by atoms with van der Waals surface area (Å²) in [6, 6.07) is 0. The molecule has 0 aromatic heterocycles. The van der Waals surface area contributed by atoms with Crippen molar-refractivity contribution < 1.29 is 0 Å². The lowest BCUT2D eigenvalue weighted by molar-refractivity contribution is 0.651. The summed E-state index contributed by atoms with van der Waals surface area (Å²) < 4.78 is 0. The molecule has 0 saturated heterocycles. The summed E-state index contributed by atoms with van der Waals surface area (Å²) in [6.07, 6.45) is 0. The highest BCUT2D eigenvalue weighted by Crippen LogP contribution is 2.81. The summed E-state index contributed by atoms with van der Waals surface area (Å²) >= 11 is 0. The molecule has 2 aliphatic carbocycles. The summed E-state index contributed by atoms with van der Waals surface area (Å²) in [5, 5.41) is 0.